The minimum atomic E-state index is -0.512. The molecule has 1 aliphatic carbocycles. The Morgan fingerprint density at radius 2 is 1.53 bits per heavy atom. The first-order valence-electron chi connectivity index (χ1n) is 9.96. The standard InChI is InChI=1S/C20H20N2O4.2C2H6/c1-3-15(17(23)4-2)21-19(25)13-8-7-9-14(12-13)20(26)22-16-10-5-6-11-18(16)24;2*1-2/h3-4,7-12,23-24H,1-2,5-6H2,(H,21,25)(H,22,26);2*1-2H3/b17-15-;;. The van der Waals surface area contributed by atoms with Crippen LogP contribution in [0.5, 0.6) is 0 Å². The zero-order valence-corrected chi connectivity index (χ0v) is 18.2. The third kappa shape index (κ3) is 7.83. The molecule has 0 aromatic heterocycles. The maximum Gasteiger partial charge on any atom is 0.255 e. The van der Waals surface area contributed by atoms with Crippen LogP contribution in [0.4, 0.5) is 0 Å². The molecule has 0 unspecified atom stereocenters. The molecule has 0 spiro atoms. The van der Waals surface area contributed by atoms with E-state index in [9.17, 15) is 19.8 Å². The highest BCUT2D eigenvalue weighted by molar-refractivity contribution is 6.01. The minimum Gasteiger partial charge on any atom is -0.506 e. The lowest BCUT2D eigenvalue weighted by Crippen LogP contribution is -2.26. The normalized spacial score (nSPS) is 12.8. The van der Waals surface area contributed by atoms with Crippen LogP contribution in [0.15, 0.2) is 84.6 Å². The zero-order valence-electron chi connectivity index (χ0n) is 18.2. The van der Waals surface area contributed by atoms with Gasteiger partial charge in [0.05, 0.1) is 11.4 Å². The van der Waals surface area contributed by atoms with Crippen molar-refractivity contribution in [3.63, 3.8) is 0 Å². The molecule has 6 nitrogen and oxygen atoms in total. The van der Waals surface area contributed by atoms with Crippen molar-refractivity contribution < 1.29 is 19.8 Å². The maximum absolute atomic E-state index is 12.4. The molecule has 0 saturated carbocycles. The van der Waals surface area contributed by atoms with Crippen LogP contribution in [0.1, 0.15) is 61.3 Å². The van der Waals surface area contributed by atoms with Crippen LogP contribution in [0.2, 0.25) is 0 Å². The molecule has 6 heteroatoms. The van der Waals surface area contributed by atoms with E-state index >= 15 is 0 Å². The van der Waals surface area contributed by atoms with Crippen LogP contribution in [0.3, 0.4) is 0 Å². The summed E-state index contributed by atoms with van der Waals surface area (Å²) in [6.45, 7) is 14.9. The van der Waals surface area contributed by atoms with Gasteiger partial charge < -0.3 is 20.8 Å². The quantitative estimate of drug-likeness (QED) is 0.368. The van der Waals surface area contributed by atoms with Crippen LogP contribution < -0.4 is 10.6 Å². The number of nitrogens with one attached hydrogen (secondary N) is 2. The van der Waals surface area contributed by atoms with E-state index in [1.54, 1.807) is 24.3 Å². The molecule has 1 aromatic rings. The van der Waals surface area contributed by atoms with Gasteiger partial charge >= 0.3 is 0 Å². The largest absolute Gasteiger partial charge is 0.506 e. The molecular formula is C24H32N2O4. The summed E-state index contributed by atoms with van der Waals surface area (Å²) in [4.78, 5) is 24.7. The zero-order chi connectivity index (χ0) is 23.1. The van der Waals surface area contributed by atoms with Crippen molar-refractivity contribution in [3.05, 3.63) is 95.8 Å². The molecule has 1 aliphatic rings. The molecule has 4 N–H and O–H groups in total. The summed E-state index contributed by atoms with van der Waals surface area (Å²) < 4.78 is 0. The van der Waals surface area contributed by atoms with Crippen LogP contribution in [0, 0.1) is 0 Å². The fourth-order valence-corrected chi connectivity index (χ4v) is 2.30. The van der Waals surface area contributed by atoms with E-state index in [4.69, 9.17) is 0 Å². The lowest BCUT2D eigenvalue weighted by atomic mass is 10.1. The Hall–Kier alpha value is -3.54. The van der Waals surface area contributed by atoms with E-state index in [0.29, 0.717) is 5.70 Å². The average Bonchev–Trinajstić information content (AvgIpc) is 2.81. The molecule has 0 atom stereocenters. The van der Waals surface area contributed by atoms with Gasteiger partial charge in [-0.2, -0.15) is 0 Å². The van der Waals surface area contributed by atoms with E-state index in [0.717, 1.165) is 12.8 Å². The fraction of sp³-hybridized carbons (Fsp3) is 0.250. The Morgan fingerprint density at radius 3 is 2.07 bits per heavy atom. The fourth-order valence-electron chi connectivity index (χ4n) is 2.30. The lowest BCUT2D eigenvalue weighted by Gasteiger charge is -2.13. The molecule has 0 saturated heterocycles. The summed E-state index contributed by atoms with van der Waals surface area (Å²) in [5.74, 6) is -1.14. The second-order valence-electron chi connectivity index (χ2n) is 5.48. The average molecular weight is 413 g/mol. The van der Waals surface area contributed by atoms with Gasteiger partial charge in [-0.25, -0.2) is 0 Å². The summed E-state index contributed by atoms with van der Waals surface area (Å²) in [6, 6.07) is 6.08. The van der Waals surface area contributed by atoms with Gasteiger partial charge in [0.2, 0.25) is 0 Å². The van der Waals surface area contributed by atoms with Crippen molar-refractivity contribution in [1.82, 2.24) is 10.6 Å². The predicted octanol–water partition coefficient (Wildman–Crippen LogP) is 5.46. The number of carbonyl (C=O) groups is 2. The number of aliphatic hydroxyl groups is 2. The van der Waals surface area contributed by atoms with Gasteiger partial charge in [0.1, 0.15) is 11.5 Å². The SMILES string of the molecule is C=C/C(O)=C(\C=C)NC(=O)c1cccc(C(=O)NC2=CCCC=C2O)c1.CC.CC. The third-order valence-electron chi connectivity index (χ3n) is 3.69. The summed E-state index contributed by atoms with van der Waals surface area (Å²) in [5.41, 5.74) is 0.950. The van der Waals surface area contributed by atoms with Gasteiger partial charge in [-0.1, -0.05) is 53.0 Å². The monoisotopic (exact) mass is 412 g/mol. The number of carbonyl (C=O) groups excluding carboxylic acids is 2. The molecule has 0 heterocycles. The molecule has 162 valence electrons. The second kappa shape index (κ2) is 14.5. The molecule has 1 aromatic carbocycles. The Labute approximate surface area is 179 Å². The second-order valence-corrected chi connectivity index (χ2v) is 5.48. The van der Waals surface area contributed by atoms with Gasteiger partial charge in [-0.05, 0) is 49.3 Å². The number of hydrogen-bond donors (Lipinski definition) is 4. The summed E-state index contributed by atoms with van der Waals surface area (Å²) in [6.07, 6.45) is 7.29. The highest BCUT2D eigenvalue weighted by Crippen LogP contribution is 2.15. The maximum atomic E-state index is 12.4. The third-order valence-corrected chi connectivity index (χ3v) is 3.69. The lowest BCUT2D eigenvalue weighted by molar-refractivity contribution is 0.0963. The molecule has 0 bridgehead atoms. The summed E-state index contributed by atoms with van der Waals surface area (Å²) >= 11 is 0. The van der Waals surface area contributed by atoms with Gasteiger partial charge in [0.15, 0.2) is 0 Å². The Morgan fingerprint density at radius 1 is 0.967 bits per heavy atom. The van der Waals surface area contributed by atoms with Gasteiger partial charge in [-0.3, -0.25) is 9.59 Å². The first-order chi connectivity index (χ1) is 14.5. The van der Waals surface area contributed by atoms with Gasteiger partial charge in [0.25, 0.3) is 11.8 Å². The van der Waals surface area contributed by atoms with Gasteiger partial charge in [0, 0.05) is 11.1 Å². The Kier molecular flexibility index (Phi) is 12.8. The molecule has 2 rings (SSSR count). The Balaban J connectivity index is 0.00000198. The molecule has 0 aliphatic heterocycles. The highest BCUT2D eigenvalue weighted by atomic mass is 16.3. The van der Waals surface area contributed by atoms with Crippen LogP contribution in [0.25, 0.3) is 0 Å². The number of rotatable bonds is 6. The van der Waals surface area contributed by atoms with Crippen molar-refractivity contribution in [2.75, 3.05) is 0 Å². The van der Waals surface area contributed by atoms with Crippen molar-refractivity contribution in [3.8, 4) is 0 Å². The van der Waals surface area contributed by atoms with Crippen molar-refractivity contribution in [2.45, 2.75) is 40.5 Å². The van der Waals surface area contributed by atoms with Crippen LogP contribution in [-0.2, 0) is 0 Å². The van der Waals surface area contributed by atoms with Crippen molar-refractivity contribution in [2.24, 2.45) is 0 Å². The number of allylic oxidation sites excluding steroid dienone is 4. The summed E-state index contributed by atoms with van der Waals surface area (Å²) in [5, 5.41) is 24.5. The predicted molar refractivity (Wildman–Crippen MR) is 122 cm³/mol. The van der Waals surface area contributed by atoms with Crippen molar-refractivity contribution in [1.29, 1.82) is 0 Å². The topological polar surface area (TPSA) is 98.7 Å². The number of aliphatic hydroxyl groups excluding tert-OH is 2. The van der Waals surface area contributed by atoms with E-state index in [2.05, 4.69) is 23.8 Å². The first-order valence-corrected chi connectivity index (χ1v) is 9.96. The Bertz CT molecular complexity index is 849. The van der Waals surface area contributed by atoms with E-state index in [1.807, 2.05) is 27.7 Å². The van der Waals surface area contributed by atoms with E-state index < -0.39 is 11.8 Å². The number of benzene rings is 1. The molecule has 0 fully saturated rings. The minimum absolute atomic E-state index is 0.0270. The molecule has 0 radical (unpaired) electrons. The number of hydrogen-bond acceptors (Lipinski definition) is 4. The van der Waals surface area contributed by atoms with Crippen molar-refractivity contribution >= 4 is 11.8 Å². The number of amides is 2. The molecule has 30 heavy (non-hydrogen) atoms. The van der Waals surface area contributed by atoms with E-state index in [1.165, 1.54) is 24.3 Å². The first kappa shape index (κ1) is 26.5. The smallest absolute Gasteiger partial charge is 0.255 e. The highest BCUT2D eigenvalue weighted by Gasteiger charge is 2.15. The van der Waals surface area contributed by atoms with E-state index in [-0.39, 0.29) is 28.3 Å². The molecule has 2 amide bonds. The van der Waals surface area contributed by atoms with Crippen LogP contribution in [-0.4, -0.2) is 22.0 Å². The van der Waals surface area contributed by atoms with Gasteiger partial charge in [-0.15, -0.1) is 0 Å². The van der Waals surface area contributed by atoms with Crippen LogP contribution >= 0.6 is 0 Å². The summed E-state index contributed by atoms with van der Waals surface area (Å²) in [7, 11) is 0. The molecular weight excluding hydrogens is 380 g/mol.